The highest BCUT2D eigenvalue weighted by Gasteiger charge is 2.43. The maximum absolute atomic E-state index is 10.2. The highest BCUT2D eigenvalue weighted by atomic mass is 16.5. The largest absolute Gasteiger partial charge is 0.457 e. The molecule has 0 unspecified atom stereocenters. The molecule has 1 aliphatic heterocycles. The molecule has 1 aliphatic rings. The molecule has 0 aliphatic carbocycles. The summed E-state index contributed by atoms with van der Waals surface area (Å²) >= 11 is 0. The van der Waals surface area contributed by atoms with Gasteiger partial charge in [0.2, 0.25) is 0 Å². The van der Waals surface area contributed by atoms with Crippen LogP contribution < -0.4 is 4.74 Å². The quantitative estimate of drug-likeness (QED) is 0.640. The minimum atomic E-state index is -1.44. The van der Waals surface area contributed by atoms with Gasteiger partial charge in [0.1, 0.15) is 42.0 Å². The molecular formula is C19H19NO6. The first-order valence-electron chi connectivity index (χ1n) is 8.12. The topological polar surface area (TPSA) is 123 Å². The third kappa shape index (κ3) is 3.70. The van der Waals surface area contributed by atoms with Crippen molar-refractivity contribution >= 4 is 0 Å². The van der Waals surface area contributed by atoms with Crippen molar-refractivity contribution in [1.82, 2.24) is 0 Å². The molecule has 136 valence electrons. The van der Waals surface area contributed by atoms with Crippen LogP contribution in [-0.4, -0.2) is 51.4 Å². The van der Waals surface area contributed by atoms with Gasteiger partial charge in [-0.2, -0.15) is 5.26 Å². The minimum absolute atomic E-state index is 0.476. The first-order valence-corrected chi connectivity index (χ1v) is 8.12. The van der Waals surface area contributed by atoms with E-state index in [0.29, 0.717) is 22.6 Å². The molecule has 1 saturated heterocycles. The Kier molecular flexibility index (Phi) is 5.52. The molecule has 0 saturated carbocycles. The summed E-state index contributed by atoms with van der Waals surface area (Å²) in [7, 11) is 0. The van der Waals surface area contributed by atoms with Crippen LogP contribution in [0.3, 0.4) is 0 Å². The second kappa shape index (κ2) is 7.83. The average molecular weight is 357 g/mol. The summed E-state index contributed by atoms with van der Waals surface area (Å²) in [6.07, 6.45) is -6.08. The molecule has 4 N–H and O–H groups in total. The maximum Gasteiger partial charge on any atom is 0.127 e. The predicted molar refractivity (Wildman–Crippen MR) is 90.4 cm³/mol. The van der Waals surface area contributed by atoms with Crippen molar-refractivity contribution in [3.63, 3.8) is 0 Å². The number of hydrogen-bond acceptors (Lipinski definition) is 7. The Hall–Kier alpha value is -2.47. The molecule has 2 aromatic carbocycles. The summed E-state index contributed by atoms with van der Waals surface area (Å²) in [4.78, 5) is 0. The molecule has 7 nitrogen and oxygen atoms in total. The van der Waals surface area contributed by atoms with Gasteiger partial charge in [-0.25, -0.2) is 0 Å². The molecule has 5 atom stereocenters. The number of ether oxygens (including phenoxy) is 2. The van der Waals surface area contributed by atoms with Gasteiger partial charge < -0.3 is 29.9 Å². The van der Waals surface area contributed by atoms with Crippen LogP contribution in [0.4, 0.5) is 0 Å². The number of rotatable bonds is 4. The SMILES string of the molecule is N#Cc1ccc(Oc2cccc([C@H]3O[C@H](CO)[C@@H](O)[C@H](O)[C@H]3O)c2)cc1. The van der Waals surface area contributed by atoms with Crippen molar-refractivity contribution in [2.75, 3.05) is 6.61 Å². The predicted octanol–water partition coefficient (Wildman–Crippen LogP) is 0.865. The zero-order valence-electron chi connectivity index (χ0n) is 13.8. The number of hydrogen-bond donors (Lipinski definition) is 4. The van der Waals surface area contributed by atoms with Gasteiger partial charge in [-0.05, 0) is 42.0 Å². The highest BCUT2D eigenvalue weighted by Crippen LogP contribution is 2.34. The van der Waals surface area contributed by atoms with E-state index < -0.39 is 37.1 Å². The van der Waals surface area contributed by atoms with Crippen molar-refractivity contribution in [3.05, 3.63) is 59.7 Å². The molecule has 26 heavy (non-hydrogen) atoms. The molecule has 0 radical (unpaired) electrons. The lowest BCUT2D eigenvalue weighted by atomic mass is 9.91. The second-order valence-corrected chi connectivity index (χ2v) is 6.06. The van der Waals surface area contributed by atoms with Crippen molar-refractivity contribution in [1.29, 1.82) is 5.26 Å². The molecule has 0 bridgehead atoms. The van der Waals surface area contributed by atoms with E-state index in [0.717, 1.165) is 0 Å². The van der Waals surface area contributed by atoms with Crippen LogP contribution in [0.25, 0.3) is 0 Å². The van der Waals surface area contributed by atoms with Crippen molar-refractivity contribution < 1.29 is 29.9 Å². The molecule has 1 heterocycles. The smallest absolute Gasteiger partial charge is 0.127 e. The standard InChI is InChI=1S/C19H19NO6/c20-9-11-4-6-13(7-5-11)25-14-3-1-2-12(8-14)19-18(24)17(23)16(22)15(10-21)26-19/h1-8,15-19,21-24H,10H2/t15-,16-,17+,18-,19-/m1/s1. The minimum Gasteiger partial charge on any atom is -0.457 e. The van der Waals surface area contributed by atoms with E-state index in [2.05, 4.69) is 0 Å². The third-order valence-electron chi connectivity index (χ3n) is 4.30. The summed E-state index contributed by atoms with van der Waals surface area (Å²) in [5.74, 6) is 1.01. The highest BCUT2D eigenvalue weighted by molar-refractivity contribution is 5.39. The van der Waals surface area contributed by atoms with Gasteiger partial charge in [0.25, 0.3) is 0 Å². The van der Waals surface area contributed by atoms with Gasteiger partial charge in [0.15, 0.2) is 0 Å². The second-order valence-electron chi connectivity index (χ2n) is 6.06. The van der Waals surface area contributed by atoms with Crippen molar-refractivity contribution in [2.45, 2.75) is 30.5 Å². The van der Waals surface area contributed by atoms with E-state index in [1.807, 2.05) is 6.07 Å². The Morgan fingerprint density at radius 3 is 2.35 bits per heavy atom. The van der Waals surface area contributed by atoms with Gasteiger partial charge in [0.05, 0.1) is 18.2 Å². The number of aliphatic hydroxyl groups is 4. The summed E-state index contributed by atoms with van der Waals surface area (Å²) in [5.41, 5.74) is 1.06. The monoisotopic (exact) mass is 357 g/mol. The summed E-state index contributed by atoms with van der Waals surface area (Å²) in [6, 6.07) is 15.4. The average Bonchev–Trinajstić information content (AvgIpc) is 2.67. The normalized spacial score (nSPS) is 28.3. The van der Waals surface area contributed by atoms with Crippen molar-refractivity contribution in [3.8, 4) is 17.6 Å². The Labute approximate surface area is 150 Å². The molecule has 0 aromatic heterocycles. The number of nitriles is 1. The fraction of sp³-hybridized carbons (Fsp3) is 0.316. The van der Waals surface area contributed by atoms with Crippen LogP contribution in [-0.2, 0) is 4.74 Å². The Bertz CT molecular complexity index is 785. The van der Waals surface area contributed by atoms with Gasteiger partial charge >= 0.3 is 0 Å². The van der Waals surface area contributed by atoms with Crippen LogP contribution in [0.15, 0.2) is 48.5 Å². The lowest BCUT2D eigenvalue weighted by Gasteiger charge is -2.40. The first kappa shape index (κ1) is 18.3. The van der Waals surface area contributed by atoms with Crippen LogP contribution in [0, 0.1) is 11.3 Å². The van der Waals surface area contributed by atoms with E-state index in [1.54, 1.807) is 48.5 Å². The molecule has 3 rings (SSSR count). The molecule has 2 aromatic rings. The van der Waals surface area contributed by atoms with Crippen LogP contribution >= 0.6 is 0 Å². The first-order chi connectivity index (χ1) is 12.5. The van der Waals surface area contributed by atoms with Crippen LogP contribution in [0.2, 0.25) is 0 Å². The lowest BCUT2D eigenvalue weighted by Crippen LogP contribution is -2.55. The fourth-order valence-corrected chi connectivity index (χ4v) is 2.87. The zero-order valence-corrected chi connectivity index (χ0v) is 13.8. The van der Waals surface area contributed by atoms with E-state index in [9.17, 15) is 20.4 Å². The fourth-order valence-electron chi connectivity index (χ4n) is 2.87. The van der Waals surface area contributed by atoms with Gasteiger partial charge in [0, 0.05) is 0 Å². The Morgan fingerprint density at radius 1 is 0.962 bits per heavy atom. The summed E-state index contributed by atoms with van der Waals surface area (Å²) in [5, 5.41) is 48.1. The third-order valence-corrected chi connectivity index (χ3v) is 4.30. The van der Waals surface area contributed by atoms with E-state index in [-0.39, 0.29) is 0 Å². The van der Waals surface area contributed by atoms with E-state index in [1.165, 1.54) is 0 Å². The molecule has 7 heteroatoms. The van der Waals surface area contributed by atoms with Crippen LogP contribution in [0.5, 0.6) is 11.5 Å². The summed E-state index contributed by atoms with van der Waals surface area (Å²) < 4.78 is 11.3. The number of aliphatic hydroxyl groups excluding tert-OH is 4. The maximum atomic E-state index is 10.2. The van der Waals surface area contributed by atoms with Crippen LogP contribution in [0.1, 0.15) is 17.2 Å². The molecule has 0 spiro atoms. The Morgan fingerprint density at radius 2 is 1.69 bits per heavy atom. The van der Waals surface area contributed by atoms with Crippen molar-refractivity contribution in [2.24, 2.45) is 0 Å². The number of nitrogens with zero attached hydrogens (tertiary/aromatic N) is 1. The lowest BCUT2D eigenvalue weighted by molar-refractivity contribution is -0.231. The summed E-state index contributed by atoms with van der Waals surface area (Å²) in [6.45, 7) is -0.483. The van der Waals surface area contributed by atoms with E-state index >= 15 is 0 Å². The molecule has 1 fully saturated rings. The Balaban J connectivity index is 1.80. The van der Waals surface area contributed by atoms with Gasteiger partial charge in [-0.15, -0.1) is 0 Å². The molecule has 0 amide bonds. The van der Waals surface area contributed by atoms with E-state index in [4.69, 9.17) is 14.7 Å². The zero-order chi connectivity index (χ0) is 18.7. The van der Waals surface area contributed by atoms with Gasteiger partial charge in [-0.1, -0.05) is 12.1 Å². The molecular weight excluding hydrogens is 338 g/mol. The van der Waals surface area contributed by atoms with Gasteiger partial charge in [-0.3, -0.25) is 0 Å². The number of benzene rings is 2.